The molecule has 15 heteroatoms. The van der Waals surface area contributed by atoms with E-state index in [9.17, 15) is 53.5 Å². The van der Waals surface area contributed by atoms with Crippen LogP contribution in [0.1, 0.15) is 20.8 Å². The molecule has 37 heavy (non-hydrogen) atoms. The van der Waals surface area contributed by atoms with Crippen molar-refractivity contribution in [2.45, 2.75) is 0 Å². The van der Waals surface area contributed by atoms with Crippen LogP contribution in [0.2, 0.25) is 0 Å². The molecule has 1 heterocycles. The molecule has 4 rings (SSSR count). The van der Waals surface area contributed by atoms with Gasteiger partial charge in [-0.05, 0) is 24.3 Å². The Morgan fingerprint density at radius 2 is 0.946 bits per heavy atom. The average molecular weight is 537 g/mol. The monoisotopic (exact) mass is 537 g/mol. The third-order valence-corrected chi connectivity index (χ3v) is 4.80. The van der Waals surface area contributed by atoms with Crippen LogP contribution in [-0.4, -0.2) is 16.9 Å². The minimum absolute atomic E-state index is 0.0251. The topological polar surface area (TPSA) is 68.4 Å². The van der Waals surface area contributed by atoms with Gasteiger partial charge < -0.3 is 14.5 Å². The van der Waals surface area contributed by atoms with Crippen molar-refractivity contribution in [3.8, 4) is 11.5 Å². The molecule has 1 aromatic heterocycles. The van der Waals surface area contributed by atoms with Gasteiger partial charge in [0.05, 0.1) is 5.56 Å². The van der Waals surface area contributed by atoms with Gasteiger partial charge in [0.1, 0.15) is 5.69 Å². The summed E-state index contributed by atoms with van der Waals surface area (Å²) in [6.45, 7) is 0. The molecule has 0 amide bonds. The van der Waals surface area contributed by atoms with Crippen LogP contribution in [0.4, 0.5) is 43.9 Å². The first-order chi connectivity index (χ1) is 17.3. The van der Waals surface area contributed by atoms with Crippen molar-refractivity contribution in [3.05, 3.63) is 93.7 Å². The predicted molar refractivity (Wildman–Crippen MR) is 101 cm³/mol. The molecular weight excluding hydrogens is 532 g/mol. The van der Waals surface area contributed by atoms with Crippen molar-refractivity contribution in [3.63, 3.8) is 0 Å². The van der Waals surface area contributed by atoms with E-state index in [0.717, 1.165) is 24.3 Å². The molecule has 0 aliphatic carbocycles. The fraction of sp³-hybridized carbons (Fsp3) is 0. The summed E-state index contributed by atoms with van der Waals surface area (Å²) < 4.78 is 143. The molecule has 0 bridgehead atoms. The zero-order valence-corrected chi connectivity index (χ0v) is 17.2. The summed E-state index contributed by atoms with van der Waals surface area (Å²) in [4.78, 5) is 26.8. The fourth-order valence-corrected chi connectivity index (χ4v) is 3.02. The summed E-state index contributed by atoms with van der Waals surface area (Å²) in [5.74, 6) is -31.0. The number of fused-ring (bicyclic) bond motifs is 1. The summed E-state index contributed by atoms with van der Waals surface area (Å²) in [7, 11) is 0. The third-order valence-electron chi connectivity index (χ3n) is 4.80. The molecule has 0 aliphatic rings. The van der Waals surface area contributed by atoms with Gasteiger partial charge in [0.15, 0.2) is 0 Å². The molecule has 0 saturated carbocycles. The molecule has 5 nitrogen and oxygen atoms in total. The van der Waals surface area contributed by atoms with Crippen LogP contribution in [0.5, 0.6) is 11.5 Å². The first-order valence-electron chi connectivity index (χ1n) is 9.43. The van der Waals surface area contributed by atoms with Crippen LogP contribution in [0, 0.1) is 58.2 Å². The molecule has 0 unspecified atom stereocenters. The number of carbonyl (C=O) groups is 2. The Kier molecular flexibility index (Phi) is 6.31. The number of carbonyl (C=O) groups excluding carboxylic acids is 2. The van der Waals surface area contributed by atoms with Crippen molar-refractivity contribution < 1.29 is 63.0 Å². The Bertz CT molecular complexity index is 1490. The van der Waals surface area contributed by atoms with Gasteiger partial charge in [-0.25, -0.2) is 35.9 Å². The summed E-state index contributed by atoms with van der Waals surface area (Å²) >= 11 is 0. The molecular formula is C22H5F10NO4. The summed E-state index contributed by atoms with van der Waals surface area (Å²) in [5, 5.41) is -0.0591. The average Bonchev–Trinajstić information content (AvgIpc) is 3.32. The zero-order chi connectivity index (χ0) is 27.3. The van der Waals surface area contributed by atoms with E-state index >= 15 is 0 Å². The number of esters is 2. The molecule has 4 aromatic rings. The van der Waals surface area contributed by atoms with Crippen molar-refractivity contribution in [1.82, 2.24) is 4.98 Å². The lowest BCUT2D eigenvalue weighted by atomic mass is 10.1. The summed E-state index contributed by atoms with van der Waals surface area (Å²) in [6.07, 6.45) is 0. The van der Waals surface area contributed by atoms with Gasteiger partial charge in [-0.1, -0.05) is 0 Å². The lowest BCUT2D eigenvalue weighted by Gasteiger charge is -2.09. The summed E-state index contributed by atoms with van der Waals surface area (Å²) in [6, 6.07) is 3.81. The molecule has 3 aromatic carbocycles. The van der Waals surface area contributed by atoms with Gasteiger partial charge >= 0.3 is 11.9 Å². The smallest absolute Gasteiger partial charge is 0.360 e. The van der Waals surface area contributed by atoms with E-state index in [1.54, 1.807) is 0 Å². The van der Waals surface area contributed by atoms with Crippen LogP contribution in [-0.2, 0) is 0 Å². The van der Waals surface area contributed by atoms with E-state index in [2.05, 4.69) is 14.5 Å². The van der Waals surface area contributed by atoms with Gasteiger partial charge in [0.25, 0.3) is 0 Å². The minimum Gasteiger partial charge on any atom is -0.416 e. The largest absolute Gasteiger partial charge is 0.416 e. The van der Waals surface area contributed by atoms with E-state index in [4.69, 9.17) is 0 Å². The van der Waals surface area contributed by atoms with Gasteiger partial charge in [0.2, 0.25) is 69.7 Å². The molecule has 1 N–H and O–H groups in total. The van der Waals surface area contributed by atoms with Crippen molar-refractivity contribution in [2.24, 2.45) is 0 Å². The van der Waals surface area contributed by atoms with Gasteiger partial charge in [-0.15, -0.1) is 0 Å². The van der Waals surface area contributed by atoms with Crippen molar-refractivity contribution in [1.29, 1.82) is 0 Å². The maximum Gasteiger partial charge on any atom is 0.360 e. The molecule has 0 aliphatic heterocycles. The van der Waals surface area contributed by atoms with Crippen LogP contribution in [0.15, 0.2) is 24.3 Å². The molecule has 0 spiro atoms. The summed E-state index contributed by atoms with van der Waals surface area (Å²) in [5.41, 5.74) is -1.10. The number of nitrogens with one attached hydrogen (secondary N) is 1. The third kappa shape index (κ3) is 4.21. The highest BCUT2D eigenvalue weighted by Crippen LogP contribution is 2.31. The van der Waals surface area contributed by atoms with E-state index < -0.39 is 92.9 Å². The van der Waals surface area contributed by atoms with Crippen molar-refractivity contribution in [2.75, 3.05) is 0 Å². The van der Waals surface area contributed by atoms with E-state index in [-0.39, 0.29) is 10.9 Å². The highest BCUT2D eigenvalue weighted by atomic mass is 19.2. The number of H-pyrrole nitrogens is 1. The van der Waals surface area contributed by atoms with Crippen LogP contribution >= 0.6 is 0 Å². The lowest BCUT2D eigenvalue weighted by molar-refractivity contribution is 0.0704. The Morgan fingerprint density at radius 3 is 1.41 bits per heavy atom. The quantitative estimate of drug-likeness (QED) is 0.114. The fourth-order valence-electron chi connectivity index (χ4n) is 3.02. The number of aromatic nitrogens is 1. The second kappa shape index (κ2) is 9.15. The number of ether oxygens (including phenoxy) is 2. The normalized spacial score (nSPS) is 11.2. The minimum atomic E-state index is -2.48. The molecule has 0 fully saturated rings. The standard InChI is InChI=1S/C22H5F10NO4/c23-9-11(25)15(29)19(16(30)12(9)26)36-21(34)5-1-2-7-6(3-5)4-8(33-7)22(35)37-20-17(31)13(27)10(24)14(28)18(20)32/h1-4,33H. The Labute approximate surface area is 196 Å². The number of aromatic amines is 1. The number of rotatable bonds is 4. The van der Waals surface area contributed by atoms with Crippen LogP contribution < -0.4 is 9.47 Å². The Hall–Kier alpha value is -4.56. The lowest BCUT2D eigenvalue weighted by Crippen LogP contribution is -2.14. The SMILES string of the molecule is O=C(Oc1c(F)c(F)c(F)c(F)c1F)c1ccc2[nH]c(C(=O)Oc3c(F)c(F)c(F)c(F)c3F)cc2c1. The number of benzene rings is 3. The first kappa shape index (κ1) is 25.5. The van der Waals surface area contributed by atoms with E-state index in [0.29, 0.717) is 0 Å². The van der Waals surface area contributed by atoms with Gasteiger partial charge in [0, 0.05) is 10.9 Å². The Balaban J connectivity index is 1.62. The van der Waals surface area contributed by atoms with Crippen molar-refractivity contribution >= 4 is 22.8 Å². The maximum absolute atomic E-state index is 13.8. The number of hydrogen-bond acceptors (Lipinski definition) is 4. The second-order valence-electron chi connectivity index (χ2n) is 7.06. The van der Waals surface area contributed by atoms with Crippen LogP contribution in [0.3, 0.4) is 0 Å². The second-order valence-corrected chi connectivity index (χ2v) is 7.06. The van der Waals surface area contributed by atoms with E-state index in [1.165, 1.54) is 0 Å². The van der Waals surface area contributed by atoms with Crippen LogP contribution in [0.25, 0.3) is 10.9 Å². The number of halogens is 10. The molecule has 0 radical (unpaired) electrons. The molecule has 0 saturated heterocycles. The highest BCUT2D eigenvalue weighted by molar-refractivity contribution is 5.99. The Morgan fingerprint density at radius 1 is 0.541 bits per heavy atom. The number of hydrogen-bond donors (Lipinski definition) is 1. The maximum atomic E-state index is 13.8. The highest BCUT2D eigenvalue weighted by Gasteiger charge is 2.30. The van der Waals surface area contributed by atoms with Gasteiger partial charge in [-0.2, -0.15) is 17.6 Å². The van der Waals surface area contributed by atoms with Gasteiger partial charge in [-0.3, -0.25) is 0 Å². The van der Waals surface area contributed by atoms with E-state index in [1.807, 2.05) is 0 Å². The predicted octanol–water partition coefficient (Wildman–Crippen LogP) is 6.00. The molecule has 0 atom stereocenters. The zero-order valence-electron chi connectivity index (χ0n) is 17.2. The molecule has 192 valence electrons. The first-order valence-corrected chi connectivity index (χ1v) is 9.43.